The molecule has 6 heteroatoms. The summed E-state index contributed by atoms with van der Waals surface area (Å²) in [5.74, 6) is 1.37. The minimum Gasteiger partial charge on any atom is -0.492 e. The molecule has 0 spiro atoms. The lowest BCUT2D eigenvalue weighted by atomic mass is 9.99. The van der Waals surface area contributed by atoms with Crippen LogP contribution in [0.1, 0.15) is 37.1 Å². The molecule has 1 aliphatic rings. The van der Waals surface area contributed by atoms with Gasteiger partial charge in [0.25, 0.3) is 0 Å². The Labute approximate surface area is 147 Å². The number of ether oxygens (including phenoxy) is 1. The van der Waals surface area contributed by atoms with E-state index in [0.717, 1.165) is 29.7 Å². The van der Waals surface area contributed by atoms with Crippen molar-refractivity contribution in [2.75, 3.05) is 24.3 Å². The van der Waals surface area contributed by atoms with Gasteiger partial charge >= 0.3 is 0 Å². The van der Waals surface area contributed by atoms with Crippen molar-refractivity contribution in [3.63, 3.8) is 0 Å². The smallest absolute Gasteiger partial charge is 0.229 e. The predicted octanol–water partition coefficient (Wildman–Crippen LogP) is 4.46. The van der Waals surface area contributed by atoms with E-state index in [0.29, 0.717) is 35.4 Å². The highest BCUT2D eigenvalue weighted by Gasteiger charge is 2.24. The number of nitrogens with one attached hydrogen (secondary N) is 2. The van der Waals surface area contributed by atoms with Crippen molar-refractivity contribution in [2.24, 2.45) is 0 Å². The molecule has 2 aromatic rings. The van der Waals surface area contributed by atoms with Gasteiger partial charge < -0.3 is 15.4 Å². The maximum Gasteiger partial charge on any atom is 0.229 e. The fraction of sp³-hybridized carbons (Fsp3) is 0.368. The lowest BCUT2D eigenvalue weighted by Crippen LogP contribution is -2.05. The average Bonchev–Trinajstić information content (AvgIpc) is 3.02. The van der Waals surface area contributed by atoms with Crippen LogP contribution in [0.4, 0.5) is 21.8 Å². The molecule has 0 unspecified atom stereocenters. The highest BCUT2D eigenvalue weighted by atomic mass is 19.1. The Morgan fingerprint density at radius 2 is 2.16 bits per heavy atom. The normalized spacial score (nSPS) is 13.4. The first kappa shape index (κ1) is 17.2. The van der Waals surface area contributed by atoms with Gasteiger partial charge in [0.15, 0.2) is 5.82 Å². The number of fused-ring (bicyclic) bond motifs is 1. The van der Waals surface area contributed by atoms with Crippen LogP contribution in [0, 0.1) is 12.7 Å². The molecule has 1 aromatic heterocycles. The Hall–Kier alpha value is -2.63. The third-order valence-electron chi connectivity index (χ3n) is 4.17. The Balaban J connectivity index is 2.07. The molecule has 132 valence electrons. The summed E-state index contributed by atoms with van der Waals surface area (Å²) in [5, 5.41) is 6.02. The molecule has 3 rings (SSSR count). The number of rotatable bonds is 5. The number of aryl methyl sites for hydroxylation is 1. The van der Waals surface area contributed by atoms with Crippen LogP contribution in [0.25, 0.3) is 5.57 Å². The fourth-order valence-corrected chi connectivity index (χ4v) is 3.04. The van der Waals surface area contributed by atoms with Gasteiger partial charge in [0.05, 0.1) is 17.9 Å². The van der Waals surface area contributed by atoms with Crippen LogP contribution in [0.5, 0.6) is 5.75 Å². The maximum absolute atomic E-state index is 15.2. The number of hydrogen-bond acceptors (Lipinski definition) is 5. The highest BCUT2D eigenvalue weighted by Crippen LogP contribution is 2.40. The molecule has 0 aliphatic carbocycles. The minimum atomic E-state index is -0.334. The molecule has 0 fully saturated rings. The predicted molar refractivity (Wildman–Crippen MR) is 99.1 cm³/mol. The van der Waals surface area contributed by atoms with Crippen molar-refractivity contribution < 1.29 is 9.13 Å². The number of benzene rings is 1. The highest BCUT2D eigenvalue weighted by molar-refractivity contribution is 5.77. The Kier molecular flexibility index (Phi) is 4.88. The van der Waals surface area contributed by atoms with E-state index in [9.17, 15) is 0 Å². The van der Waals surface area contributed by atoms with Gasteiger partial charge in [0, 0.05) is 30.8 Å². The molecular formula is C19H23FN4O. The lowest BCUT2D eigenvalue weighted by molar-refractivity contribution is 0.354. The summed E-state index contributed by atoms with van der Waals surface area (Å²) in [6.45, 7) is 6.40. The zero-order valence-corrected chi connectivity index (χ0v) is 15.0. The largest absolute Gasteiger partial charge is 0.492 e. The maximum atomic E-state index is 15.2. The first-order valence-electron chi connectivity index (χ1n) is 8.49. The van der Waals surface area contributed by atoms with Gasteiger partial charge in [-0.05, 0) is 31.9 Å². The van der Waals surface area contributed by atoms with Crippen molar-refractivity contribution in [3.05, 3.63) is 40.8 Å². The van der Waals surface area contributed by atoms with Gasteiger partial charge in [-0.2, -0.15) is 4.98 Å². The van der Waals surface area contributed by atoms with Crippen molar-refractivity contribution >= 4 is 23.0 Å². The lowest BCUT2D eigenvalue weighted by Gasteiger charge is -2.15. The van der Waals surface area contributed by atoms with Crippen LogP contribution in [0.3, 0.4) is 0 Å². The van der Waals surface area contributed by atoms with Crippen LogP contribution in [0.2, 0.25) is 0 Å². The number of aromatic nitrogens is 2. The third kappa shape index (κ3) is 3.43. The number of nitrogens with zero attached hydrogens (tertiary/aromatic N) is 2. The van der Waals surface area contributed by atoms with Crippen LogP contribution < -0.4 is 15.4 Å². The summed E-state index contributed by atoms with van der Waals surface area (Å²) in [5.41, 5.74) is 3.58. The average molecular weight is 342 g/mol. The summed E-state index contributed by atoms with van der Waals surface area (Å²) in [6.07, 6.45) is 3.61. The SMILES string of the molecule is CC/C=C(\C)c1c(F)c(Nc2nc(C)cc(NC)n2)cc2c1OCC2. The monoisotopic (exact) mass is 342 g/mol. The van der Waals surface area contributed by atoms with Crippen LogP contribution in [-0.4, -0.2) is 23.6 Å². The van der Waals surface area contributed by atoms with Gasteiger partial charge in [0.1, 0.15) is 11.6 Å². The van der Waals surface area contributed by atoms with E-state index >= 15 is 4.39 Å². The molecule has 1 aromatic carbocycles. The second-order valence-corrected chi connectivity index (χ2v) is 6.09. The Bertz CT molecular complexity index is 833. The van der Waals surface area contributed by atoms with Gasteiger partial charge in [-0.25, -0.2) is 9.37 Å². The van der Waals surface area contributed by atoms with E-state index in [1.807, 2.05) is 32.9 Å². The minimum absolute atomic E-state index is 0.334. The number of allylic oxidation sites excluding steroid dienone is 2. The number of hydrogen-bond donors (Lipinski definition) is 2. The molecule has 0 bridgehead atoms. The molecule has 2 heterocycles. The van der Waals surface area contributed by atoms with Crippen molar-refractivity contribution in [3.8, 4) is 5.75 Å². The van der Waals surface area contributed by atoms with E-state index in [4.69, 9.17) is 4.74 Å². The molecule has 5 nitrogen and oxygen atoms in total. The zero-order valence-electron chi connectivity index (χ0n) is 15.0. The summed E-state index contributed by atoms with van der Waals surface area (Å²) in [7, 11) is 1.79. The summed E-state index contributed by atoms with van der Waals surface area (Å²) < 4.78 is 20.9. The van der Waals surface area contributed by atoms with Crippen molar-refractivity contribution in [1.82, 2.24) is 9.97 Å². The molecule has 0 amide bonds. The summed E-state index contributed by atoms with van der Waals surface area (Å²) in [4.78, 5) is 8.69. The van der Waals surface area contributed by atoms with Gasteiger partial charge in [-0.15, -0.1) is 0 Å². The second kappa shape index (κ2) is 7.09. The molecule has 2 N–H and O–H groups in total. The van der Waals surface area contributed by atoms with Crippen LogP contribution in [0.15, 0.2) is 18.2 Å². The van der Waals surface area contributed by atoms with E-state index in [1.165, 1.54) is 0 Å². The molecule has 1 aliphatic heterocycles. The van der Waals surface area contributed by atoms with Gasteiger partial charge in [-0.1, -0.05) is 13.0 Å². The zero-order chi connectivity index (χ0) is 18.0. The molecule has 25 heavy (non-hydrogen) atoms. The molecule has 0 saturated carbocycles. The first-order chi connectivity index (χ1) is 12.0. The topological polar surface area (TPSA) is 59.1 Å². The number of halogens is 1. The van der Waals surface area contributed by atoms with Crippen LogP contribution >= 0.6 is 0 Å². The van der Waals surface area contributed by atoms with Gasteiger partial charge in [-0.3, -0.25) is 0 Å². The van der Waals surface area contributed by atoms with E-state index in [2.05, 4.69) is 20.6 Å². The molecule has 0 radical (unpaired) electrons. The quantitative estimate of drug-likeness (QED) is 0.840. The van der Waals surface area contributed by atoms with Crippen LogP contribution in [-0.2, 0) is 6.42 Å². The van der Waals surface area contributed by atoms with E-state index < -0.39 is 0 Å². The second-order valence-electron chi connectivity index (χ2n) is 6.09. The van der Waals surface area contributed by atoms with Crippen molar-refractivity contribution in [1.29, 1.82) is 0 Å². The first-order valence-corrected chi connectivity index (χ1v) is 8.49. The Morgan fingerprint density at radius 3 is 2.88 bits per heavy atom. The molecule has 0 atom stereocenters. The number of anilines is 3. The summed E-state index contributed by atoms with van der Waals surface area (Å²) >= 11 is 0. The molecular weight excluding hydrogens is 319 g/mol. The summed E-state index contributed by atoms with van der Waals surface area (Å²) in [6, 6.07) is 3.63. The fourth-order valence-electron chi connectivity index (χ4n) is 3.04. The molecule has 0 saturated heterocycles. The van der Waals surface area contributed by atoms with Crippen molar-refractivity contribution in [2.45, 2.75) is 33.6 Å². The van der Waals surface area contributed by atoms with E-state index in [-0.39, 0.29) is 5.82 Å². The van der Waals surface area contributed by atoms with E-state index in [1.54, 1.807) is 13.1 Å². The Morgan fingerprint density at radius 1 is 1.36 bits per heavy atom. The van der Waals surface area contributed by atoms with Gasteiger partial charge in [0.2, 0.25) is 5.95 Å². The third-order valence-corrected chi connectivity index (χ3v) is 4.17. The standard InChI is InChI=1S/C19H23FN4O/c1-5-6-11(2)16-17(20)14(10-13-7-8-25-18(13)16)23-19-22-12(3)9-15(21-4)24-19/h6,9-10H,5,7-8H2,1-4H3,(H2,21,22,23,24)/b11-6+.